The molecule has 1 aliphatic rings. The molecular weight excluding hydrogens is 294 g/mol. The van der Waals surface area contributed by atoms with E-state index in [1.54, 1.807) is 6.07 Å². The SMILES string of the molecule is CCCC1(Cn2c(CCCl)nc3ccc(F)c(F)c32)CC1. The molecule has 21 heavy (non-hydrogen) atoms. The number of hydrogen-bond donors (Lipinski definition) is 0. The molecular formula is C16H19ClF2N2. The van der Waals surface area contributed by atoms with Crippen LogP contribution in [0.5, 0.6) is 0 Å². The van der Waals surface area contributed by atoms with Crippen molar-refractivity contribution in [2.75, 3.05) is 5.88 Å². The summed E-state index contributed by atoms with van der Waals surface area (Å²) in [5, 5.41) is 0. The third kappa shape index (κ3) is 2.66. The fourth-order valence-electron chi connectivity index (χ4n) is 3.18. The molecule has 1 aromatic carbocycles. The molecule has 1 aliphatic carbocycles. The van der Waals surface area contributed by atoms with E-state index in [0.29, 0.717) is 24.4 Å². The van der Waals surface area contributed by atoms with E-state index in [9.17, 15) is 8.78 Å². The van der Waals surface area contributed by atoms with E-state index in [0.717, 1.165) is 37.6 Å². The summed E-state index contributed by atoms with van der Waals surface area (Å²) in [6.45, 7) is 2.87. The first-order chi connectivity index (χ1) is 10.1. The van der Waals surface area contributed by atoms with Crippen molar-refractivity contribution in [2.24, 2.45) is 5.41 Å². The number of benzene rings is 1. The molecule has 0 amide bonds. The summed E-state index contributed by atoms with van der Waals surface area (Å²) in [7, 11) is 0. The highest BCUT2D eigenvalue weighted by Crippen LogP contribution is 2.51. The quantitative estimate of drug-likeness (QED) is 0.708. The normalized spacial score (nSPS) is 16.6. The maximum absolute atomic E-state index is 14.2. The Morgan fingerprint density at radius 2 is 2.10 bits per heavy atom. The molecule has 1 fully saturated rings. The summed E-state index contributed by atoms with van der Waals surface area (Å²) in [5.74, 6) is -0.435. The Labute approximate surface area is 128 Å². The van der Waals surface area contributed by atoms with Gasteiger partial charge in [-0.15, -0.1) is 11.6 Å². The first-order valence-electron chi connectivity index (χ1n) is 7.49. The highest BCUT2D eigenvalue weighted by molar-refractivity contribution is 6.17. The highest BCUT2D eigenvalue weighted by Gasteiger charge is 2.42. The Morgan fingerprint density at radius 1 is 1.33 bits per heavy atom. The number of halogens is 3. The van der Waals surface area contributed by atoms with Crippen LogP contribution in [-0.2, 0) is 13.0 Å². The highest BCUT2D eigenvalue weighted by atomic mass is 35.5. The molecule has 0 aliphatic heterocycles. The Kier molecular flexibility index (Phi) is 3.91. The van der Waals surface area contributed by atoms with Gasteiger partial charge in [-0.05, 0) is 36.8 Å². The van der Waals surface area contributed by atoms with E-state index < -0.39 is 11.6 Å². The summed E-state index contributed by atoms with van der Waals surface area (Å²) in [5.41, 5.74) is 1.04. The van der Waals surface area contributed by atoms with Gasteiger partial charge in [0.25, 0.3) is 0 Å². The topological polar surface area (TPSA) is 17.8 Å². The molecule has 0 unspecified atom stereocenters. The molecule has 114 valence electrons. The minimum absolute atomic E-state index is 0.238. The molecule has 3 rings (SSSR count). The van der Waals surface area contributed by atoms with Gasteiger partial charge < -0.3 is 4.57 Å². The summed E-state index contributed by atoms with van der Waals surface area (Å²) >= 11 is 5.83. The van der Waals surface area contributed by atoms with Crippen molar-refractivity contribution in [2.45, 2.75) is 45.6 Å². The van der Waals surface area contributed by atoms with Crippen LogP contribution in [0.4, 0.5) is 8.78 Å². The molecule has 0 saturated heterocycles. The van der Waals surface area contributed by atoms with Crippen molar-refractivity contribution in [3.05, 3.63) is 29.6 Å². The zero-order valence-electron chi connectivity index (χ0n) is 12.1. The standard InChI is InChI=1S/C16H19ClF2N2/c1-2-6-16(7-8-16)10-21-13(5-9-17)20-12-4-3-11(18)14(19)15(12)21/h3-4H,2,5-10H2,1H3. The third-order valence-corrected chi connectivity index (χ3v) is 4.62. The van der Waals surface area contributed by atoms with E-state index in [1.807, 2.05) is 4.57 Å². The third-order valence-electron chi connectivity index (χ3n) is 4.43. The first kappa shape index (κ1) is 14.8. The van der Waals surface area contributed by atoms with Gasteiger partial charge in [0, 0.05) is 18.8 Å². The maximum Gasteiger partial charge on any atom is 0.184 e. The van der Waals surface area contributed by atoms with Crippen molar-refractivity contribution in [1.82, 2.24) is 9.55 Å². The number of imidazole rings is 1. The van der Waals surface area contributed by atoms with Crippen molar-refractivity contribution >= 4 is 22.6 Å². The molecule has 0 N–H and O–H groups in total. The molecule has 0 atom stereocenters. The van der Waals surface area contributed by atoms with Gasteiger partial charge in [0.1, 0.15) is 11.3 Å². The van der Waals surface area contributed by atoms with Gasteiger partial charge in [-0.25, -0.2) is 13.8 Å². The largest absolute Gasteiger partial charge is 0.325 e. The van der Waals surface area contributed by atoms with Crippen LogP contribution in [0.15, 0.2) is 12.1 Å². The lowest BCUT2D eigenvalue weighted by Crippen LogP contribution is -2.15. The van der Waals surface area contributed by atoms with Gasteiger partial charge in [-0.3, -0.25) is 0 Å². The van der Waals surface area contributed by atoms with Gasteiger partial charge in [-0.2, -0.15) is 0 Å². The van der Waals surface area contributed by atoms with E-state index in [2.05, 4.69) is 11.9 Å². The molecule has 1 heterocycles. The lowest BCUT2D eigenvalue weighted by Gasteiger charge is -2.17. The van der Waals surface area contributed by atoms with Crippen molar-refractivity contribution < 1.29 is 8.78 Å². The van der Waals surface area contributed by atoms with Crippen LogP contribution in [0.1, 0.15) is 38.4 Å². The summed E-state index contributed by atoms with van der Waals surface area (Å²) < 4.78 is 29.7. The van der Waals surface area contributed by atoms with Gasteiger partial charge in [0.05, 0.1) is 5.52 Å². The number of aryl methyl sites for hydroxylation is 1. The minimum atomic E-state index is -0.818. The van der Waals surface area contributed by atoms with Crippen LogP contribution in [0.2, 0.25) is 0 Å². The van der Waals surface area contributed by atoms with Crippen LogP contribution in [0, 0.1) is 17.0 Å². The number of aromatic nitrogens is 2. The second-order valence-corrected chi connectivity index (χ2v) is 6.41. The summed E-state index contributed by atoms with van der Waals surface area (Å²) in [4.78, 5) is 4.45. The molecule has 0 spiro atoms. The second kappa shape index (κ2) is 5.56. The molecule has 1 saturated carbocycles. The Hall–Kier alpha value is -1.16. The number of nitrogens with zero attached hydrogens (tertiary/aromatic N) is 2. The Balaban J connectivity index is 2.09. The molecule has 0 radical (unpaired) electrons. The lowest BCUT2D eigenvalue weighted by molar-refractivity contribution is 0.384. The summed E-state index contributed by atoms with van der Waals surface area (Å²) in [6, 6.07) is 2.68. The van der Waals surface area contributed by atoms with Gasteiger partial charge in [0.2, 0.25) is 0 Å². The predicted molar refractivity (Wildman–Crippen MR) is 80.6 cm³/mol. The zero-order chi connectivity index (χ0) is 15.0. The van der Waals surface area contributed by atoms with Crippen LogP contribution in [-0.4, -0.2) is 15.4 Å². The minimum Gasteiger partial charge on any atom is -0.325 e. The maximum atomic E-state index is 14.2. The Morgan fingerprint density at radius 3 is 2.71 bits per heavy atom. The zero-order valence-corrected chi connectivity index (χ0v) is 12.9. The summed E-state index contributed by atoms with van der Waals surface area (Å²) in [6.07, 6.45) is 5.09. The van der Waals surface area contributed by atoms with Crippen LogP contribution < -0.4 is 0 Å². The second-order valence-electron chi connectivity index (χ2n) is 6.03. The van der Waals surface area contributed by atoms with E-state index in [-0.39, 0.29) is 10.9 Å². The average molecular weight is 313 g/mol. The first-order valence-corrected chi connectivity index (χ1v) is 8.03. The van der Waals surface area contributed by atoms with Gasteiger partial charge in [-0.1, -0.05) is 13.3 Å². The molecule has 2 nitrogen and oxygen atoms in total. The monoisotopic (exact) mass is 312 g/mol. The fraction of sp³-hybridized carbons (Fsp3) is 0.562. The molecule has 5 heteroatoms. The van der Waals surface area contributed by atoms with E-state index >= 15 is 0 Å². The molecule has 0 bridgehead atoms. The average Bonchev–Trinajstić information content (AvgIpc) is 3.12. The number of fused-ring (bicyclic) bond motifs is 1. The Bertz CT molecular complexity index is 662. The van der Waals surface area contributed by atoms with Crippen molar-refractivity contribution in [1.29, 1.82) is 0 Å². The van der Waals surface area contributed by atoms with E-state index in [4.69, 9.17) is 11.6 Å². The van der Waals surface area contributed by atoms with Gasteiger partial charge in [0.15, 0.2) is 11.6 Å². The van der Waals surface area contributed by atoms with Crippen molar-refractivity contribution in [3.8, 4) is 0 Å². The lowest BCUT2D eigenvalue weighted by atomic mass is 10.0. The predicted octanol–water partition coefficient (Wildman–Crippen LogP) is 4.68. The number of rotatable bonds is 6. The van der Waals surface area contributed by atoms with Crippen LogP contribution in [0.25, 0.3) is 11.0 Å². The fourth-order valence-corrected chi connectivity index (χ4v) is 3.35. The van der Waals surface area contributed by atoms with Gasteiger partial charge >= 0.3 is 0 Å². The van der Waals surface area contributed by atoms with Crippen LogP contribution >= 0.6 is 11.6 Å². The number of hydrogen-bond acceptors (Lipinski definition) is 1. The van der Waals surface area contributed by atoms with Crippen molar-refractivity contribution in [3.63, 3.8) is 0 Å². The van der Waals surface area contributed by atoms with Crippen LogP contribution in [0.3, 0.4) is 0 Å². The smallest absolute Gasteiger partial charge is 0.184 e. The van der Waals surface area contributed by atoms with E-state index in [1.165, 1.54) is 0 Å². The molecule has 2 aromatic rings. The molecule has 1 aromatic heterocycles. The number of alkyl halides is 1.